The number of non-ortho nitro benzene ring substituents is 1. The van der Waals surface area contributed by atoms with Crippen molar-refractivity contribution in [2.24, 2.45) is 0 Å². The molecule has 0 amide bonds. The lowest BCUT2D eigenvalue weighted by Gasteiger charge is -2.21. The molecule has 1 aromatic carbocycles. The minimum atomic E-state index is -3.91. The third kappa shape index (κ3) is 13.9. The fourth-order valence-corrected chi connectivity index (χ4v) is 7.32. The molecule has 0 saturated carbocycles. The van der Waals surface area contributed by atoms with E-state index < -0.39 is 27.3 Å². The van der Waals surface area contributed by atoms with Gasteiger partial charge in [0.1, 0.15) is 5.75 Å². The van der Waals surface area contributed by atoms with E-state index in [1.165, 1.54) is 24.3 Å². The monoisotopic (exact) mass is 581 g/mol. The Hall–Kier alpha value is -0.750. The summed E-state index contributed by atoms with van der Waals surface area (Å²) in [6.07, 6.45) is 0. The maximum atomic E-state index is 12.0. The van der Waals surface area contributed by atoms with E-state index in [9.17, 15) is 19.2 Å². The molecular weight excluding hydrogens is 547 g/mol. The Morgan fingerprint density at radius 3 is 1.34 bits per heavy atom. The van der Waals surface area contributed by atoms with Crippen LogP contribution in [0.5, 0.6) is 5.75 Å². The predicted molar refractivity (Wildman–Crippen MR) is 134 cm³/mol. The fraction of sp³-hybridized carbons (Fsp3) is 0.667. The number of rotatable bonds is 17. The average molecular weight is 581 g/mol. The minimum Gasteiger partial charge on any atom is -0.424 e. The molecule has 0 aliphatic heterocycles. The van der Waals surface area contributed by atoms with Crippen LogP contribution in [0.15, 0.2) is 24.3 Å². The molecule has 0 aliphatic carbocycles. The van der Waals surface area contributed by atoms with Crippen LogP contribution in [0.2, 0.25) is 0 Å². The van der Waals surface area contributed by atoms with Gasteiger partial charge in [0.15, 0.2) is 0 Å². The average Bonchev–Trinajstić information content (AvgIpc) is 2.75. The first-order valence-electron chi connectivity index (χ1n) is 10.8. The summed E-state index contributed by atoms with van der Waals surface area (Å²) in [5, 5.41) is 10.5. The van der Waals surface area contributed by atoms with Crippen molar-refractivity contribution in [1.82, 2.24) is 0 Å². The standard InChI is InChI=1S/C10H14NO5PS.C8H20O7P2/c1-3-14-17(18,15-4-2)16-10-7-5-9(6-8-10)11(12)13;1-5-11-16(9,12-6-2)15-17(10,13-7-3)14-8-4/h5-8H,3-4H2,1-2H3;5-8H2,1-4H3. The topological polar surface area (TPSA) is 151 Å². The summed E-state index contributed by atoms with van der Waals surface area (Å²) in [6, 6.07) is 5.62. The van der Waals surface area contributed by atoms with Gasteiger partial charge < -0.3 is 4.52 Å². The van der Waals surface area contributed by atoms with Crippen LogP contribution in [0.25, 0.3) is 0 Å². The quantitative estimate of drug-likeness (QED) is 0.110. The van der Waals surface area contributed by atoms with E-state index in [0.717, 1.165) is 0 Å². The third-order valence-electron chi connectivity index (χ3n) is 3.19. The number of nitro benzene ring substituents is 1. The second kappa shape index (κ2) is 17.7. The summed E-state index contributed by atoms with van der Waals surface area (Å²) in [5.41, 5.74) is -0.0107. The molecule has 0 bridgehead atoms. The molecule has 0 heterocycles. The molecule has 0 atom stereocenters. The van der Waals surface area contributed by atoms with Crippen molar-refractivity contribution in [2.45, 2.75) is 41.5 Å². The van der Waals surface area contributed by atoms with E-state index >= 15 is 0 Å². The lowest BCUT2D eigenvalue weighted by Crippen LogP contribution is -2.03. The number of phosphoric ester groups is 2. The van der Waals surface area contributed by atoms with Crippen molar-refractivity contribution in [3.8, 4) is 5.75 Å². The number of benzene rings is 1. The van der Waals surface area contributed by atoms with Crippen molar-refractivity contribution in [3.63, 3.8) is 0 Å². The van der Waals surface area contributed by atoms with E-state index in [4.69, 9.17) is 47.8 Å². The van der Waals surface area contributed by atoms with Gasteiger partial charge in [0.2, 0.25) is 0 Å². The summed E-state index contributed by atoms with van der Waals surface area (Å²) in [6.45, 7) is 8.34. The smallest absolute Gasteiger partial charge is 0.424 e. The lowest BCUT2D eigenvalue weighted by atomic mass is 10.3. The molecule has 204 valence electrons. The van der Waals surface area contributed by atoms with Crippen LogP contribution in [0, 0.1) is 10.1 Å². The summed E-state index contributed by atoms with van der Waals surface area (Å²) < 4.78 is 64.2. The minimum absolute atomic E-state index is 0.0107. The van der Waals surface area contributed by atoms with Gasteiger partial charge in [-0.15, -0.1) is 0 Å². The van der Waals surface area contributed by atoms with E-state index in [2.05, 4.69) is 0 Å². The van der Waals surface area contributed by atoms with Gasteiger partial charge in [0, 0.05) is 23.9 Å². The molecule has 0 saturated heterocycles. The first-order valence-corrected chi connectivity index (χ1v) is 16.3. The highest BCUT2D eigenvalue weighted by Gasteiger charge is 2.39. The number of nitro groups is 1. The maximum absolute atomic E-state index is 12.0. The van der Waals surface area contributed by atoms with E-state index in [-0.39, 0.29) is 32.1 Å². The first-order chi connectivity index (χ1) is 16.5. The fourth-order valence-electron chi connectivity index (χ4n) is 2.09. The Labute approximate surface area is 211 Å². The highest BCUT2D eigenvalue weighted by Crippen LogP contribution is 2.65. The molecule has 13 nitrogen and oxygen atoms in total. The van der Waals surface area contributed by atoms with Crippen molar-refractivity contribution < 1.29 is 50.0 Å². The van der Waals surface area contributed by atoms with Crippen LogP contribution in [-0.4, -0.2) is 44.6 Å². The second-order valence-corrected chi connectivity index (χ2v) is 12.2. The molecule has 0 radical (unpaired) electrons. The Morgan fingerprint density at radius 2 is 1.06 bits per heavy atom. The molecule has 0 aromatic heterocycles. The number of hydrogen-bond acceptors (Lipinski definition) is 13. The van der Waals surface area contributed by atoms with Crippen LogP contribution in [0.1, 0.15) is 41.5 Å². The van der Waals surface area contributed by atoms with Crippen LogP contribution < -0.4 is 4.52 Å². The molecule has 0 fully saturated rings. The summed E-state index contributed by atoms with van der Waals surface area (Å²) >= 11 is 5.18. The Kier molecular flexibility index (Phi) is 17.3. The summed E-state index contributed by atoms with van der Waals surface area (Å²) in [4.78, 5) is 10.0. The molecule has 17 heteroatoms. The third-order valence-corrected chi connectivity index (χ3v) is 9.53. The van der Waals surface area contributed by atoms with E-state index in [0.29, 0.717) is 19.0 Å². The zero-order chi connectivity index (χ0) is 27.0. The molecule has 0 aliphatic rings. The van der Waals surface area contributed by atoms with Gasteiger partial charge in [-0.25, -0.2) is 9.13 Å². The van der Waals surface area contributed by atoms with Crippen molar-refractivity contribution in [3.05, 3.63) is 34.4 Å². The zero-order valence-corrected chi connectivity index (χ0v) is 24.1. The van der Waals surface area contributed by atoms with Gasteiger partial charge in [-0.1, -0.05) is 0 Å². The normalized spacial score (nSPS) is 12.1. The summed E-state index contributed by atoms with van der Waals surface area (Å²) in [7, 11) is -7.83. The molecular formula is C18H34NO12P3S. The summed E-state index contributed by atoms with van der Waals surface area (Å²) in [5.74, 6) is 0.394. The van der Waals surface area contributed by atoms with E-state index in [1.54, 1.807) is 41.5 Å². The van der Waals surface area contributed by atoms with E-state index in [1.807, 2.05) is 0 Å². The van der Waals surface area contributed by atoms with Gasteiger partial charge in [-0.2, -0.15) is 4.31 Å². The first kappa shape index (κ1) is 34.2. The predicted octanol–water partition coefficient (Wildman–Crippen LogP) is 6.64. The van der Waals surface area contributed by atoms with Crippen LogP contribution >= 0.6 is 22.4 Å². The van der Waals surface area contributed by atoms with Crippen LogP contribution in [0.4, 0.5) is 5.69 Å². The SMILES string of the molecule is CCOP(=O)(OCC)OP(=O)(OCC)OCC.CCOP(=S)(OCC)Oc1ccc([N+](=O)[O-])cc1. The highest BCUT2D eigenvalue weighted by atomic mass is 32.5. The highest BCUT2D eigenvalue weighted by molar-refractivity contribution is 8.07. The molecule has 0 spiro atoms. The van der Waals surface area contributed by atoms with Crippen molar-refractivity contribution >= 4 is 39.9 Å². The van der Waals surface area contributed by atoms with Gasteiger partial charge in [-0.3, -0.25) is 37.3 Å². The molecule has 1 aromatic rings. The molecule has 35 heavy (non-hydrogen) atoms. The van der Waals surface area contributed by atoms with Gasteiger partial charge in [0.05, 0.1) is 44.6 Å². The van der Waals surface area contributed by atoms with Gasteiger partial charge in [-0.05, 0) is 53.7 Å². The van der Waals surface area contributed by atoms with Gasteiger partial charge >= 0.3 is 22.4 Å². The maximum Gasteiger partial charge on any atom is 0.483 e. The molecule has 1 rings (SSSR count). The number of nitrogens with zero attached hydrogens (tertiary/aromatic N) is 1. The lowest BCUT2D eigenvalue weighted by molar-refractivity contribution is -0.384. The van der Waals surface area contributed by atoms with Crippen LogP contribution in [0.3, 0.4) is 0 Å². The Morgan fingerprint density at radius 1 is 0.714 bits per heavy atom. The second-order valence-electron chi connectivity index (χ2n) is 5.77. The largest absolute Gasteiger partial charge is 0.483 e. The van der Waals surface area contributed by atoms with Gasteiger partial charge in [0.25, 0.3) is 5.69 Å². The van der Waals surface area contributed by atoms with Crippen molar-refractivity contribution in [1.29, 1.82) is 0 Å². The zero-order valence-electron chi connectivity index (χ0n) is 20.6. The molecule has 0 N–H and O–H groups in total. The number of phosphoric acid groups is 2. The Balaban J connectivity index is 0.000000662. The van der Waals surface area contributed by atoms with Crippen LogP contribution in [-0.2, 0) is 52.4 Å². The molecule has 0 unspecified atom stereocenters. The van der Waals surface area contributed by atoms with Crippen molar-refractivity contribution in [2.75, 3.05) is 39.6 Å². The number of hydrogen-bond donors (Lipinski definition) is 0. The Bertz CT molecular complexity index is 828.